The molecule has 1 aromatic heterocycles. The molecule has 1 atom stereocenters. The molecule has 1 fully saturated rings. The highest BCUT2D eigenvalue weighted by Gasteiger charge is 2.39. The second-order valence-electron chi connectivity index (χ2n) is 9.50. The lowest BCUT2D eigenvalue weighted by Crippen LogP contribution is -2.52. The molecule has 0 spiro atoms. The first-order valence-corrected chi connectivity index (χ1v) is 13.4. The number of hydrogen-bond acceptors (Lipinski definition) is 11. The number of amides is 3. The third-order valence-electron chi connectivity index (χ3n) is 6.76. The van der Waals surface area contributed by atoms with E-state index in [1.807, 2.05) is 36.4 Å². The number of rotatable bonds is 14. The Kier molecular flexibility index (Phi) is 9.31. The molecule has 4 N–H and O–H groups in total. The van der Waals surface area contributed by atoms with Gasteiger partial charge in [0.25, 0.3) is 5.91 Å². The van der Waals surface area contributed by atoms with Gasteiger partial charge < -0.3 is 34.9 Å². The lowest BCUT2D eigenvalue weighted by molar-refractivity contribution is -0.136. The Morgan fingerprint density at radius 2 is 1.76 bits per heavy atom. The van der Waals surface area contributed by atoms with E-state index in [2.05, 4.69) is 25.9 Å². The van der Waals surface area contributed by atoms with E-state index in [-0.39, 0.29) is 25.0 Å². The molecule has 2 aliphatic heterocycles. The molecule has 3 amide bonds. The zero-order valence-corrected chi connectivity index (χ0v) is 22.4. The maximum Gasteiger partial charge on any atom is 0.255 e. The number of imide groups is 1. The van der Waals surface area contributed by atoms with Crippen molar-refractivity contribution in [3.8, 4) is 0 Å². The van der Waals surface area contributed by atoms with Crippen molar-refractivity contribution in [3.05, 3.63) is 53.6 Å². The summed E-state index contributed by atoms with van der Waals surface area (Å²) in [6.45, 7) is 2.46. The Morgan fingerprint density at radius 1 is 0.976 bits per heavy atom. The summed E-state index contributed by atoms with van der Waals surface area (Å²) < 4.78 is 15.7. The molecule has 1 unspecified atom stereocenters. The summed E-state index contributed by atoms with van der Waals surface area (Å²) in [5.41, 5.74) is 2.75. The van der Waals surface area contributed by atoms with Gasteiger partial charge in [-0.2, -0.15) is 4.98 Å². The Balaban J connectivity index is 1.21. The Bertz CT molecular complexity index is 1420. The van der Waals surface area contributed by atoms with Gasteiger partial charge in [0, 0.05) is 36.1 Å². The predicted octanol–water partition coefficient (Wildman–Crippen LogP) is 1.55. The van der Waals surface area contributed by atoms with Crippen LogP contribution in [0.5, 0.6) is 0 Å². The van der Waals surface area contributed by atoms with E-state index in [1.165, 1.54) is 4.90 Å². The minimum atomic E-state index is -0.661. The molecule has 0 bridgehead atoms. The first kappa shape index (κ1) is 28.4. The van der Waals surface area contributed by atoms with E-state index in [9.17, 15) is 14.4 Å². The van der Waals surface area contributed by atoms with Crippen molar-refractivity contribution in [2.75, 3.05) is 57.0 Å². The number of nitrogens with one attached hydrogen (secondary N) is 3. The van der Waals surface area contributed by atoms with E-state index in [0.29, 0.717) is 75.6 Å². The molecule has 5 rings (SSSR count). The minimum Gasteiger partial charge on any atom is -0.377 e. The van der Waals surface area contributed by atoms with Crippen molar-refractivity contribution in [1.82, 2.24) is 20.2 Å². The Hall–Kier alpha value is -4.17. The van der Waals surface area contributed by atoms with Crippen LogP contribution in [0.4, 0.5) is 17.5 Å². The summed E-state index contributed by atoms with van der Waals surface area (Å²) in [6.07, 6.45) is 0.529. The van der Waals surface area contributed by atoms with Crippen LogP contribution in [0.25, 0.3) is 10.9 Å². The smallest absolute Gasteiger partial charge is 0.255 e. The van der Waals surface area contributed by atoms with Gasteiger partial charge in [-0.05, 0) is 36.2 Å². The van der Waals surface area contributed by atoms with E-state index < -0.39 is 11.9 Å². The predicted molar refractivity (Wildman–Crippen MR) is 148 cm³/mol. The van der Waals surface area contributed by atoms with E-state index in [1.54, 1.807) is 6.07 Å². The number of carbonyl (C=O) groups excluding carboxylic acids is 3. The molecule has 0 aliphatic carbocycles. The van der Waals surface area contributed by atoms with Gasteiger partial charge in [0.15, 0.2) is 0 Å². The lowest BCUT2D eigenvalue weighted by atomic mass is 10.0. The quantitative estimate of drug-likeness (QED) is 0.128. The van der Waals surface area contributed by atoms with Gasteiger partial charge in [0.1, 0.15) is 18.7 Å². The Labute approximate surface area is 236 Å². The molecule has 0 radical (unpaired) electrons. The number of benzene rings is 2. The first-order chi connectivity index (χ1) is 20.0. The number of aliphatic hydroxyl groups excluding tert-OH is 1. The standard InChI is InChI=1S/C28H32N6O7/c35-17-41-14-13-40-12-11-39-10-9-29-28-31-22-4-2-1-3-20(22)25(33-28)30-19-6-5-18-16-34(27(38)21(18)15-19)23-7-8-24(36)32-26(23)37/h1-6,15,23,35H,7-14,16-17H2,(H,32,36,37)(H2,29,30,31,33). The number of nitrogens with zero attached hydrogens (tertiary/aromatic N) is 3. The second kappa shape index (κ2) is 13.5. The van der Waals surface area contributed by atoms with Crippen molar-refractivity contribution in [2.24, 2.45) is 0 Å². The third kappa shape index (κ3) is 6.95. The largest absolute Gasteiger partial charge is 0.377 e. The summed E-state index contributed by atoms with van der Waals surface area (Å²) >= 11 is 0. The molecule has 216 valence electrons. The maximum absolute atomic E-state index is 13.2. The SMILES string of the molecule is O=C1CCC(N2Cc3ccc(Nc4nc(NCCOCCOCCOCO)nc5ccccc45)cc3C2=O)C(=O)N1. The van der Waals surface area contributed by atoms with Crippen LogP contribution in [-0.4, -0.2) is 90.1 Å². The number of hydrogen-bond donors (Lipinski definition) is 4. The van der Waals surface area contributed by atoms with Crippen molar-refractivity contribution >= 4 is 46.1 Å². The fraction of sp³-hybridized carbons (Fsp3) is 0.393. The highest BCUT2D eigenvalue weighted by Crippen LogP contribution is 2.31. The highest BCUT2D eigenvalue weighted by atomic mass is 16.6. The summed E-state index contributed by atoms with van der Waals surface area (Å²) in [5.74, 6) is 0.0128. The number of aliphatic hydroxyl groups is 1. The van der Waals surface area contributed by atoms with Gasteiger partial charge in [0.05, 0.1) is 38.6 Å². The maximum atomic E-state index is 13.2. The van der Waals surface area contributed by atoms with Crippen molar-refractivity contribution in [3.63, 3.8) is 0 Å². The number of anilines is 3. The average Bonchev–Trinajstić information content (AvgIpc) is 3.29. The molecule has 3 aromatic rings. The number of aromatic nitrogens is 2. The number of fused-ring (bicyclic) bond motifs is 2. The van der Waals surface area contributed by atoms with Gasteiger partial charge in [-0.25, -0.2) is 4.98 Å². The monoisotopic (exact) mass is 564 g/mol. The zero-order chi connectivity index (χ0) is 28.6. The van der Waals surface area contributed by atoms with Crippen LogP contribution < -0.4 is 16.0 Å². The lowest BCUT2D eigenvalue weighted by Gasteiger charge is -2.29. The second-order valence-corrected chi connectivity index (χ2v) is 9.50. The normalized spacial score (nSPS) is 16.7. The van der Waals surface area contributed by atoms with Crippen molar-refractivity contribution in [2.45, 2.75) is 25.4 Å². The van der Waals surface area contributed by atoms with Gasteiger partial charge in [0.2, 0.25) is 17.8 Å². The van der Waals surface area contributed by atoms with E-state index in [0.717, 1.165) is 16.5 Å². The van der Waals surface area contributed by atoms with Crippen LogP contribution in [0.2, 0.25) is 0 Å². The number of para-hydroxylation sites is 1. The van der Waals surface area contributed by atoms with Crippen LogP contribution in [-0.2, 0) is 30.3 Å². The fourth-order valence-corrected chi connectivity index (χ4v) is 4.76. The molecule has 0 saturated carbocycles. The summed E-state index contributed by atoms with van der Waals surface area (Å²) in [4.78, 5) is 47.9. The first-order valence-electron chi connectivity index (χ1n) is 13.4. The molecule has 3 heterocycles. The van der Waals surface area contributed by atoms with Gasteiger partial charge in [-0.15, -0.1) is 0 Å². The van der Waals surface area contributed by atoms with Gasteiger partial charge >= 0.3 is 0 Å². The average molecular weight is 565 g/mol. The van der Waals surface area contributed by atoms with E-state index >= 15 is 0 Å². The van der Waals surface area contributed by atoms with E-state index in [4.69, 9.17) is 19.3 Å². The number of ether oxygens (including phenoxy) is 3. The van der Waals surface area contributed by atoms with Crippen LogP contribution in [0, 0.1) is 0 Å². The molecule has 41 heavy (non-hydrogen) atoms. The van der Waals surface area contributed by atoms with Crippen LogP contribution in [0.15, 0.2) is 42.5 Å². The molecule has 1 saturated heterocycles. The van der Waals surface area contributed by atoms with Crippen molar-refractivity contribution in [1.29, 1.82) is 0 Å². The summed E-state index contributed by atoms with van der Waals surface area (Å²) in [7, 11) is 0. The number of carbonyl (C=O) groups is 3. The highest BCUT2D eigenvalue weighted by molar-refractivity contribution is 6.06. The molecule has 2 aliphatic rings. The summed E-state index contributed by atoms with van der Waals surface area (Å²) in [6, 6.07) is 12.5. The topological polar surface area (TPSA) is 164 Å². The zero-order valence-electron chi connectivity index (χ0n) is 22.4. The third-order valence-corrected chi connectivity index (χ3v) is 6.76. The van der Waals surface area contributed by atoms with Gasteiger partial charge in [-0.1, -0.05) is 18.2 Å². The molecule has 2 aromatic carbocycles. The molecular weight excluding hydrogens is 532 g/mol. The van der Waals surface area contributed by atoms with Crippen LogP contribution >= 0.6 is 0 Å². The van der Waals surface area contributed by atoms with Crippen LogP contribution in [0.1, 0.15) is 28.8 Å². The molecule has 13 heteroatoms. The molecular formula is C28H32N6O7. The van der Waals surface area contributed by atoms with Gasteiger partial charge in [-0.3, -0.25) is 19.7 Å². The minimum absolute atomic E-state index is 0.211. The Morgan fingerprint density at radius 3 is 2.56 bits per heavy atom. The summed E-state index contributed by atoms with van der Waals surface area (Å²) in [5, 5.41) is 18.2. The molecule has 13 nitrogen and oxygen atoms in total. The number of piperidine rings is 1. The van der Waals surface area contributed by atoms with Crippen LogP contribution in [0.3, 0.4) is 0 Å². The van der Waals surface area contributed by atoms with Crippen molar-refractivity contribution < 1.29 is 33.7 Å². The fourth-order valence-electron chi connectivity index (χ4n) is 4.76.